The van der Waals surface area contributed by atoms with Crippen LogP contribution in [0, 0.1) is 0 Å². The van der Waals surface area contributed by atoms with E-state index in [1.807, 2.05) is 54.6 Å². The fraction of sp³-hybridized carbons (Fsp3) is 0.167. The first-order valence-electron chi connectivity index (χ1n) is 9.86. The molecule has 0 amide bonds. The van der Waals surface area contributed by atoms with Crippen molar-refractivity contribution < 1.29 is 9.53 Å². The summed E-state index contributed by atoms with van der Waals surface area (Å²) in [6.45, 7) is 1.35. The SMILES string of the molecule is CC(=O)OC1=C2C(=Nc3c(c(=O)n(C)c(=O)n3C)[C@H]2c2ccccc2)c2ccccc21. The molecule has 0 unspecified atom stereocenters. The predicted molar refractivity (Wildman–Crippen MR) is 117 cm³/mol. The first-order chi connectivity index (χ1) is 14.9. The van der Waals surface area contributed by atoms with Gasteiger partial charge in [0, 0.05) is 43.6 Å². The number of allylic oxidation sites excluding steroid dienone is 1. The number of aliphatic imine (C=N–C) groups is 1. The molecule has 2 heterocycles. The minimum atomic E-state index is -0.545. The Morgan fingerprint density at radius 2 is 1.58 bits per heavy atom. The highest BCUT2D eigenvalue weighted by atomic mass is 16.5. The first kappa shape index (κ1) is 19.0. The van der Waals surface area contributed by atoms with E-state index in [9.17, 15) is 14.4 Å². The van der Waals surface area contributed by atoms with Crippen LogP contribution in [0.15, 0.2) is 74.8 Å². The molecular weight excluding hydrogens is 394 g/mol. The van der Waals surface area contributed by atoms with Gasteiger partial charge in [-0.05, 0) is 5.56 Å². The molecule has 7 nitrogen and oxygen atoms in total. The molecule has 0 saturated heterocycles. The molecule has 2 aliphatic rings. The van der Waals surface area contributed by atoms with Gasteiger partial charge in [0.15, 0.2) is 0 Å². The summed E-state index contributed by atoms with van der Waals surface area (Å²) >= 11 is 0. The van der Waals surface area contributed by atoms with Gasteiger partial charge in [0.05, 0.1) is 11.3 Å². The van der Waals surface area contributed by atoms with Crippen LogP contribution in [0.1, 0.15) is 35.1 Å². The molecular formula is C24H19N3O4. The number of esters is 1. The molecule has 5 rings (SSSR count). The molecule has 2 aromatic carbocycles. The lowest BCUT2D eigenvalue weighted by Gasteiger charge is -2.27. The second kappa shape index (κ2) is 6.77. The van der Waals surface area contributed by atoms with Gasteiger partial charge in [0.2, 0.25) is 0 Å². The van der Waals surface area contributed by atoms with Crippen LogP contribution in [0.4, 0.5) is 5.82 Å². The van der Waals surface area contributed by atoms with Crippen LogP contribution >= 0.6 is 0 Å². The summed E-state index contributed by atoms with van der Waals surface area (Å²) < 4.78 is 8.16. The van der Waals surface area contributed by atoms with Crippen LogP contribution in [-0.2, 0) is 23.6 Å². The molecule has 0 saturated carbocycles. The molecule has 1 aromatic heterocycles. The maximum absolute atomic E-state index is 13.3. The molecule has 0 fully saturated rings. The molecule has 154 valence electrons. The van der Waals surface area contributed by atoms with Crippen molar-refractivity contribution in [1.82, 2.24) is 9.13 Å². The lowest BCUT2D eigenvalue weighted by Crippen LogP contribution is -2.41. The van der Waals surface area contributed by atoms with Gasteiger partial charge in [-0.15, -0.1) is 0 Å². The van der Waals surface area contributed by atoms with Crippen LogP contribution in [0.5, 0.6) is 0 Å². The first-order valence-corrected chi connectivity index (χ1v) is 9.86. The number of hydrogen-bond acceptors (Lipinski definition) is 5. The summed E-state index contributed by atoms with van der Waals surface area (Å²) in [7, 11) is 3.06. The van der Waals surface area contributed by atoms with Crippen molar-refractivity contribution in [2.24, 2.45) is 19.1 Å². The Bertz CT molecular complexity index is 1440. The maximum Gasteiger partial charge on any atom is 0.332 e. The van der Waals surface area contributed by atoms with Crippen molar-refractivity contribution in [2.45, 2.75) is 12.8 Å². The smallest absolute Gasteiger partial charge is 0.332 e. The number of rotatable bonds is 2. The molecule has 0 radical (unpaired) electrons. The normalized spacial score (nSPS) is 16.4. The highest BCUT2D eigenvalue weighted by molar-refractivity contribution is 6.25. The van der Waals surface area contributed by atoms with Gasteiger partial charge in [-0.25, -0.2) is 9.79 Å². The topological polar surface area (TPSA) is 82.7 Å². The van der Waals surface area contributed by atoms with E-state index in [1.54, 1.807) is 7.05 Å². The van der Waals surface area contributed by atoms with Crippen molar-refractivity contribution >= 4 is 23.3 Å². The van der Waals surface area contributed by atoms with Crippen LogP contribution in [0.2, 0.25) is 0 Å². The quantitative estimate of drug-likeness (QED) is 0.605. The van der Waals surface area contributed by atoms with E-state index < -0.39 is 23.1 Å². The molecule has 0 spiro atoms. The molecule has 0 N–H and O–H groups in total. The number of aromatic nitrogens is 2. The molecule has 7 heteroatoms. The van der Waals surface area contributed by atoms with Gasteiger partial charge in [0.25, 0.3) is 5.56 Å². The molecule has 1 aliphatic carbocycles. The summed E-state index contributed by atoms with van der Waals surface area (Å²) in [6, 6.07) is 17.0. The van der Waals surface area contributed by atoms with E-state index >= 15 is 0 Å². The number of carbonyl (C=O) groups is 1. The zero-order chi connectivity index (χ0) is 21.9. The molecule has 3 aromatic rings. The number of fused-ring (bicyclic) bond motifs is 4. The second-order valence-corrected chi connectivity index (χ2v) is 7.63. The van der Waals surface area contributed by atoms with E-state index in [0.717, 1.165) is 21.3 Å². The van der Waals surface area contributed by atoms with Gasteiger partial charge >= 0.3 is 11.7 Å². The van der Waals surface area contributed by atoms with Crippen molar-refractivity contribution in [3.63, 3.8) is 0 Å². The number of benzene rings is 2. The van der Waals surface area contributed by atoms with Crippen LogP contribution in [-0.4, -0.2) is 20.8 Å². The molecule has 1 aliphatic heterocycles. The van der Waals surface area contributed by atoms with Crippen LogP contribution < -0.4 is 11.2 Å². The Labute approximate surface area is 177 Å². The number of nitrogens with zero attached hydrogens (tertiary/aromatic N) is 3. The average Bonchev–Trinajstić information content (AvgIpc) is 3.08. The van der Waals surface area contributed by atoms with E-state index in [-0.39, 0.29) is 0 Å². The van der Waals surface area contributed by atoms with Gasteiger partial charge in [-0.2, -0.15) is 0 Å². The third-order valence-electron chi connectivity index (χ3n) is 5.77. The summed E-state index contributed by atoms with van der Waals surface area (Å²) in [5, 5.41) is 0. The fourth-order valence-electron chi connectivity index (χ4n) is 4.40. The largest absolute Gasteiger partial charge is 0.426 e. The van der Waals surface area contributed by atoms with Gasteiger partial charge in [-0.3, -0.25) is 18.7 Å². The monoisotopic (exact) mass is 413 g/mol. The molecule has 0 bridgehead atoms. The number of hydrogen-bond donors (Lipinski definition) is 0. The third kappa shape index (κ3) is 2.66. The second-order valence-electron chi connectivity index (χ2n) is 7.63. The van der Waals surface area contributed by atoms with E-state index in [1.165, 1.54) is 18.5 Å². The maximum atomic E-state index is 13.3. The van der Waals surface area contributed by atoms with Gasteiger partial charge < -0.3 is 4.74 Å². The zero-order valence-electron chi connectivity index (χ0n) is 17.2. The Morgan fingerprint density at radius 1 is 0.935 bits per heavy atom. The standard InChI is InChI=1S/C24H19N3O4/c1-13(28)31-21-16-12-8-7-11-15(16)20-18(21)17(14-9-5-4-6-10-14)19-22(25-20)26(2)24(30)27(3)23(19)29/h4-12,17H,1-3H3/t17-/m0/s1. The highest BCUT2D eigenvalue weighted by Crippen LogP contribution is 2.48. The summed E-state index contributed by atoms with van der Waals surface area (Å²) in [5.74, 6) is -0.280. The lowest BCUT2D eigenvalue weighted by atomic mass is 9.81. The third-order valence-corrected chi connectivity index (χ3v) is 5.77. The molecule has 31 heavy (non-hydrogen) atoms. The fourth-order valence-corrected chi connectivity index (χ4v) is 4.40. The zero-order valence-corrected chi connectivity index (χ0v) is 17.2. The lowest BCUT2D eigenvalue weighted by molar-refractivity contribution is -0.134. The highest BCUT2D eigenvalue weighted by Gasteiger charge is 2.42. The molecule has 1 atom stereocenters. The predicted octanol–water partition coefficient (Wildman–Crippen LogP) is 2.64. The van der Waals surface area contributed by atoms with Gasteiger partial charge in [0.1, 0.15) is 11.6 Å². The van der Waals surface area contributed by atoms with Crippen molar-refractivity contribution in [3.05, 3.63) is 103 Å². The average molecular weight is 413 g/mol. The van der Waals surface area contributed by atoms with Crippen LogP contribution in [0.3, 0.4) is 0 Å². The summed E-state index contributed by atoms with van der Waals surface area (Å²) in [6.07, 6.45) is 0. The minimum Gasteiger partial charge on any atom is -0.426 e. The van der Waals surface area contributed by atoms with E-state index in [2.05, 4.69) is 0 Å². The Kier molecular flexibility index (Phi) is 4.15. The minimum absolute atomic E-state index is 0.319. The number of carbonyl (C=O) groups excluding carboxylic acids is 1. The van der Waals surface area contributed by atoms with Crippen LogP contribution in [0.25, 0.3) is 5.76 Å². The Balaban J connectivity index is 1.96. The van der Waals surface area contributed by atoms with Crippen molar-refractivity contribution in [1.29, 1.82) is 0 Å². The Hall–Kier alpha value is -4.00. The van der Waals surface area contributed by atoms with E-state index in [0.29, 0.717) is 28.4 Å². The summed E-state index contributed by atoms with van der Waals surface area (Å²) in [5.41, 5.74) is 3.17. The van der Waals surface area contributed by atoms with Crippen molar-refractivity contribution in [3.8, 4) is 0 Å². The Morgan fingerprint density at radius 3 is 2.26 bits per heavy atom. The number of ether oxygens (including phenoxy) is 1. The summed E-state index contributed by atoms with van der Waals surface area (Å²) in [4.78, 5) is 42.7. The van der Waals surface area contributed by atoms with Gasteiger partial charge in [-0.1, -0.05) is 54.6 Å². The van der Waals surface area contributed by atoms with Crippen molar-refractivity contribution in [2.75, 3.05) is 0 Å². The van der Waals surface area contributed by atoms with E-state index in [4.69, 9.17) is 9.73 Å².